The maximum atomic E-state index is 13.3. The summed E-state index contributed by atoms with van der Waals surface area (Å²) in [6, 6.07) is 13.1. The lowest BCUT2D eigenvalue weighted by molar-refractivity contribution is -0.137. The second-order valence-electron chi connectivity index (χ2n) is 6.96. The van der Waals surface area contributed by atoms with Gasteiger partial charge < -0.3 is 10.6 Å². The molecule has 0 aliphatic carbocycles. The highest BCUT2D eigenvalue weighted by atomic mass is 79.9. The van der Waals surface area contributed by atoms with Crippen LogP contribution in [0.2, 0.25) is 0 Å². The van der Waals surface area contributed by atoms with Gasteiger partial charge in [-0.3, -0.25) is 9.59 Å². The minimum Gasteiger partial charge on any atom is -0.325 e. The first-order valence-electron chi connectivity index (χ1n) is 9.50. The highest BCUT2D eigenvalue weighted by Gasteiger charge is 2.34. The summed E-state index contributed by atoms with van der Waals surface area (Å²) in [7, 11) is 0. The van der Waals surface area contributed by atoms with E-state index < -0.39 is 23.6 Å². The fourth-order valence-electron chi connectivity index (χ4n) is 3.24. The lowest BCUT2D eigenvalue weighted by Gasteiger charge is -2.25. The van der Waals surface area contributed by atoms with E-state index in [0.717, 1.165) is 34.4 Å². The van der Waals surface area contributed by atoms with Gasteiger partial charge in [0.05, 0.1) is 33.7 Å². The van der Waals surface area contributed by atoms with Crippen LogP contribution in [-0.4, -0.2) is 23.8 Å². The van der Waals surface area contributed by atoms with E-state index in [9.17, 15) is 28.0 Å². The maximum Gasteiger partial charge on any atom is 0.418 e. The van der Waals surface area contributed by atoms with E-state index in [1.54, 1.807) is 11.8 Å². The third kappa shape index (κ3) is 6.34. The zero-order valence-corrected chi connectivity index (χ0v) is 20.3. The first-order valence-corrected chi connectivity index (χ1v) is 12.5. The van der Waals surface area contributed by atoms with Crippen molar-refractivity contribution in [2.24, 2.45) is 0 Å². The summed E-state index contributed by atoms with van der Waals surface area (Å²) in [6.07, 6.45) is -2.62. The Morgan fingerprint density at radius 3 is 2.58 bits per heavy atom. The Morgan fingerprint density at radius 2 is 1.97 bits per heavy atom. The Morgan fingerprint density at radius 1 is 1.27 bits per heavy atom. The number of nitrogens with zero attached hydrogens (tertiary/aromatic N) is 1. The molecule has 2 aromatic carbocycles. The minimum atomic E-state index is -4.65. The first kappa shape index (κ1) is 25.2. The van der Waals surface area contributed by atoms with Gasteiger partial charge in [0.1, 0.15) is 0 Å². The quantitative estimate of drug-likeness (QED) is 0.433. The van der Waals surface area contributed by atoms with E-state index in [-0.39, 0.29) is 33.3 Å². The zero-order chi connectivity index (χ0) is 24.2. The van der Waals surface area contributed by atoms with Gasteiger partial charge in [-0.05, 0) is 42.2 Å². The maximum absolute atomic E-state index is 13.3. The number of thioether (sulfide) groups is 2. The van der Waals surface area contributed by atoms with Gasteiger partial charge in [-0.1, -0.05) is 39.8 Å². The number of halogens is 4. The second kappa shape index (κ2) is 10.7. The summed E-state index contributed by atoms with van der Waals surface area (Å²) in [5, 5.41) is 14.8. The van der Waals surface area contributed by atoms with Crippen molar-refractivity contribution in [1.29, 1.82) is 5.26 Å². The summed E-state index contributed by atoms with van der Waals surface area (Å²) in [5.41, 5.74) is -0.243. The molecule has 2 aromatic rings. The average molecular weight is 556 g/mol. The van der Waals surface area contributed by atoms with Crippen LogP contribution in [0.5, 0.6) is 0 Å². The summed E-state index contributed by atoms with van der Waals surface area (Å²) < 4.78 is 40.1. The van der Waals surface area contributed by atoms with E-state index >= 15 is 0 Å². The van der Waals surface area contributed by atoms with Crippen LogP contribution in [0.15, 0.2) is 62.4 Å². The topological polar surface area (TPSA) is 82.0 Å². The van der Waals surface area contributed by atoms with Crippen molar-refractivity contribution in [1.82, 2.24) is 5.32 Å². The molecule has 11 heteroatoms. The van der Waals surface area contributed by atoms with Gasteiger partial charge in [0, 0.05) is 21.7 Å². The van der Waals surface area contributed by atoms with E-state index in [0.29, 0.717) is 5.57 Å². The van der Waals surface area contributed by atoms with Crippen molar-refractivity contribution in [3.8, 4) is 6.07 Å². The van der Waals surface area contributed by atoms with Gasteiger partial charge >= 0.3 is 6.18 Å². The van der Waals surface area contributed by atoms with Gasteiger partial charge in [0.2, 0.25) is 11.8 Å². The molecule has 172 valence electrons. The highest BCUT2D eigenvalue weighted by molar-refractivity contribution is 9.10. The molecule has 0 saturated carbocycles. The molecule has 2 N–H and O–H groups in total. The van der Waals surface area contributed by atoms with Crippen LogP contribution in [0.3, 0.4) is 0 Å². The number of carbonyl (C=O) groups excluding carboxylic acids is 2. The number of benzene rings is 2. The lowest BCUT2D eigenvalue weighted by Crippen LogP contribution is -2.31. The van der Waals surface area contributed by atoms with Crippen molar-refractivity contribution >= 4 is 57.0 Å². The number of hydrogen-bond donors (Lipinski definition) is 2. The number of nitrogens with one attached hydrogen (secondary N) is 2. The van der Waals surface area contributed by atoms with Crippen LogP contribution in [0.25, 0.3) is 0 Å². The Bertz CT molecular complexity index is 1150. The number of hydrogen-bond acceptors (Lipinski definition) is 5. The van der Waals surface area contributed by atoms with E-state index in [4.69, 9.17) is 0 Å². The number of amides is 2. The molecule has 0 bridgehead atoms. The standard InChI is InChI=1S/C22H17BrF3N3O2S2/c1-32-14-5-2-12(3-6-14)15-9-19(30)29-21(16(15)10-27)33-11-20(31)28-18-7-4-13(23)8-17(18)22(24,25)26/h2-8,15H,9,11H2,1H3,(H,28,31)(H,29,30)/t15-/m0/s1. The molecule has 0 aromatic heterocycles. The predicted octanol–water partition coefficient (Wildman–Crippen LogP) is 5.90. The van der Waals surface area contributed by atoms with Crippen LogP contribution in [0.1, 0.15) is 23.5 Å². The normalized spacial score (nSPS) is 16.2. The molecule has 33 heavy (non-hydrogen) atoms. The summed E-state index contributed by atoms with van der Waals surface area (Å²) in [6.45, 7) is 0. The van der Waals surface area contributed by atoms with Crippen molar-refractivity contribution < 1.29 is 22.8 Å². The Hall–Kier alpha value is -2.42. The van der Waals surface area contributed by atoms with Crippen molar-refractivity contribution in [3.05, 3.63) is 68.7 Å². The van der Waals surface area contributed by atoms with E-state index in [1.165, 1.54) is 6.07 Å². The second-order valence-corrected chi connectivity index (χ2v) is 9.74. The Kier molecular flexibility index (Phi) is 8.15. The monoisotopic (exact) mass is 555 g/mol. The van der Waals surface area contributed by atoms with Gasteiger partial charge in [0.25, 0.3) is 0 Å². The first-order chi connectivity index (χ1) is 15.6. The fourth-order valence-corrected chi connectivity index (χ4v) is 4.88. The van der Waals surface area contributed by atoms with Crippen molar-refractivity contribution in [2.45, 2.75) is 23.4 Å². The molecule has 0 fully saturated rings. The Labute approximate surface area is 205 Å². The SMILES string of the molecule is CSc1ccc([C@@H]2CC(=O)NC(SCC(=O)Nc3ccc(Br)cc3C(F)(F)F)=C2C#N)cc1. The summed E-state index contributed by atoms with van der Waals surface area (Å²) in [4.78, 5) is 25.7. The van der Waals surface area contributed by atoms with Gasteiger partial charge in [0.15, 0.2) is 0 Å². The number of allylic oxidation sites excluding steroid dienone is 1. The van der Waals surface area contributed by atoms with E-state index in [2.05, 4.69) is 32.6 Å². The van der Waals surface area contributed by atoms with Crippen molar-refractivity contribution in [3.63, 3.8) is 0 Å². The molecular weight excluding hydrogens is 539 g/mol. The molecule has 5 nitrogen and oxygen atoms in total. The molecule has 2 amide bonds. The number of rotatable bonds is 6. The number of anilines is 1. The molecule has 1 aliphatic rings. The molecule has 3 rings (SSSR count). The average Bonchev–Trinajstić information content (AvgIpc) is 2.78. The van der Waals surface area contributed by atoms with Gasteiger partial charge in [-0.25, -0.2) is 0 Å². The zero-order valence-electron chi connectivity index (χ0n) is 17.1. The largest absolute Gasteiger partial charge is 0.418 e. The highest BCUT2D eigenvalue weighted by Crippen LogP contribution is 2.38. The predicted molar refractivity (Wildman–Crippen MR) is 127 cm³/mol. The fraction of sp³-hybridized carbons (Fsp3) is 0.227. The molecule has 0 saturated heterocycles. The number of carbonyl (C=O) groups is 2. The minimum absolute atomic E-state index is 0.0889. The summed E-state index contributed by atoms with van der Waals surface area (Å²) in [5.74, 6) is -1.75. The smallest absolute Gasteiger partial charge is 0.325 e. The van der Waals surface area contributed by atoms with E-state index in [1.807, 2.05) is 30.5 Å². The molecule has 1 aliphatic heterocycles. The number of alkyl halides is 3. The lowest BCUT2D eigenvalue weighted by atomic mass is 9.87. The third-order valence-electron chi connectivity index (χ3n) is 4.78. The van der Waals surface area contributed by atoms with Crippen LogP contribution >= 0.6 is 39.5 Å². The van der Waals surface area contributed by atoms with Crippen LogP contribution in [0.4, 0.5) is 18.9 Å². The molecule has 0 spiro atoms. The Balaban J connectivity index is 1.78. The molecule has 1 atom stereocenters. The molecule has 0 radical (unpaired) electrons. The van der Waals surface area contributed by atoms with Gasteiger partial charge in [-0.15, -0.1) is 11.8 Å². The van der Waals surface area contributed by atoms with Gasteiger partial charge in [-0.2, -0.15) is 18.4 Å². The van der Waals surface area contributed by atoms with Crippen molar-refractivity contribution in [2.75, 3.05) is 17.3 Å². The molecule has 1 heterocycles. The summed E-state index contributed by atoms with van der Waals surface area (Å²) >= 11 is 5.47. The van der Waals surface area contributed by atoms with Crippen LogP contribution in [-0.2, 0) is 15.8 Å². The molecule has 0 unspecified atom stereocenters. The molecular formula is C22H17BrF3N3O2S2. The third-order valence-corrected chi connectivity index (χ3v) is 7.04. The van der Waals surface area contributed by atoms with Crippen LogP contribution < -0.4 is 10.6 Å². The van der Waals surface area contributed by atoms with Crippen LogP contribution in [0, 0.1) is 11.3 Å². The number of nitriles is 1.